The Balaban J connectivity index is 2.12. The van der Waals surface area contributed by atoms with E-state index in [2.05, 4.69) is 0 Å². The zero-order chi connectivity index (χ0) is 18.6. The minimum Gasteiger partial charge on any atom is -0.497 e. The average molecular weight is 350 g/mol. The molecule has 8 nitrogen and oxygen atoms in total. The maximum atomic E-state index is 12.4. The van der Waals surface area contributed by atoms with Gasteiger partial charge in [0.1, 0.15) is 11.5 Å². The summed E-state index contributed by atoms with van der Waals surface area (Å²) in [6.07, 6.45) is -0.0323. The molecule has 1 aromatic rings. The number of methoxy groups -OCH3 is 2. The Labute approximate surface area is 145 Å². The van der Waals surface area contributed by atoms with Gasteiger partial charge in [-0.1, -0.05) is 0 Å². The minimum atomic E-state index is -0.966. The molecule has 0 spiro atoms. The largest absolute Gasteiger partial charge is 0.497 e. The van der Waals surface area contributed by atoms with Gasteiger partial charge in [-0.2, -0.15) is 0 Å². The number of hydrogen-bond acceptors (Lipinski definition) is 5. The fourth-order valence-corrected chi connectivity index (χ4v) is 2.76. The first-order valence-corrected chi connectivity index (χ1v) is 7.86. The summed E-state index contributed by atoms with van der Waals surface area (Å²) in [4.78, 5) is 38.3. The molecule has 0 aromatic heterocycles. The highest BCUT2D eigenvalue weighted by Crippen LogP contribution is 2.32. The Morgan fingerprint density at radius 1 is 1.24 bits per heavy atom. The van der Waals surface area contributed by atoms with Crippen LogP contribution in [0, 0.1) is 5.92 Å². The number of hydrogen-bond donors (Lipinski definition) is 1. The van der Waals surface area contributed by atoms with Gasteiger partial charge in [0.05, 0.1) is 32.2 Å². The van der Waals surface area contributed by atoms with Crippen LogP contribution >= 0.6 is 0 Å². The van der Waals surface area contributed by atoms with E-state index in [0.717, 1.165) is 0 Å². The Hall–Kier alpha value is -2.77. The SMILES string of the molecule is COc1cc(OC)cc(N2C[C@@H](C(=O)N(C)CCC(=O)O)CC2=O)c1. The van der Waals surface area contributed by atoms with E-state index in [1.165, 1.54) is 24.0 Å². The zero-order valence-electron chi connectivity index (χ0n) is 14.5. The zero-order valence-corrected chi connectivity index (χ0v) is 14.5. The number of aliphatic carboxylic acids is 1. The number of carbonyl (C=O) groups excluding carboxylic acids is 2. The normalized spacial score (nSPS) is 16.7. The highest BCUT2D eigenvalue weighted by Gasteiger charge is 2.36. The molecule has 25 heavy (non-hydrogen) atoms. The Morgan fingerprint density at radius 3 is 2.36 bits per heavy atom. The second kappa shape index (κ2) is 7.87. The molecule has 0 radical (unpaired) electrons. The first-order valence-electron chi connectivity index (χ1n) is 7.86. The first-order chi connectivity index (χ1) is 11.8. The molecule has 2 amide bonds. The number of carboxylic acids is 1. The minimum absolute atomic E-state index is 0.0930. The second-order valence-electron chi connectivity index (χ2n) is 5.88. The Kier molecular flexibility index (Phi) is 5.84. The molecule has 1 aromatic carbocycles. The number of ether oxygens (including phenoxy) is 2. The highest BCUT2D eigenvalue weighted by atomic mass is 16.5. The van der Waals surface area contributed by atoms with Crippen LogP contribution in [0.4, 0.5) is 5.69 Å². The summed E-state index contributed by atoms with van der Waals surface area (Å²) in [5.41, 5.74) is 0.602. The molecule has 1 N–H and O–H groups in total. The summed E-state index contributed by atoms with van der Waals surface area (Å²) in [7, 11) is 4.59. The summed E-state index contributed by atoms with van der Waals surface area (Å²) in [6.45, 7) is 0.358. The van der Waals surface area contributed by atoms with Crippen LogP contribution in [-0.2, 0) is 14.4 Å². The summed E-state index contributed by atoms with van der Waals surface area (Å²) in [5.74, 6) is -0.756. The Bertz CT molecular complexity index is 653. The fourth-order valence-electron chi connectivity index (χ4n) is 2.76. The second-order valence-corrected chi connectivity index (χ2v) is 5.88. The molecule has 1 saturated heterocycles. The van der Waals surface area contributed by atoms with Gasteiger partial charge >= 0.3 is 5.97 Å². The third-order valence-corrected chi connectivity index (χ3v) is 4.16. The van der Waals surface area contributed by atoms with E-state index in [9.17, 15) is 14.4 Å². The van der Waals surface area contributed by atoms with E-state index in [0.29, 0.717) is 17.2 Å². The lowest BCUT2D eigenvalue weighted by Gasteiger charge is -2.21. The van der Waals surface area contributed by atoms with Crippen molar-refractivity contribution >= 4 is 23.5 Å². The van der Waals surface area contributed by atoms with Gasteiger partial charge in [0, 0.05) is 44.8 Å². The lowest BCUT2D eigenvalue weighted by Crippen LogP contribution is -2.36. The molecule has 136 valence electrons. The van der Waals surface area contributed by atoms with Gasteiger partial charge in [0.25, 0.3) is 0 Å². The van der Waals surface area contributed by atoms with Crippen LogP contribution in [0.15, 0.2) is 18.2 Å². The smallest absolute Gasteiger partial charge is 0.305 e. The maximum absolute atomic E-state index is 12.4. The molecule has 1 atom stereocenters. The number of benzene rings is 1. The van der Waals surface area contributed by atoms with Crippen LogP contribution in [0.3, 0.4) is 0 Å². The summed E-state index contributed by atoms with van der Waals surface area (Å²) >= 11 is 0. The van der Waals surface area contributed by atoms with Crippen LogP contribution in [0.2, 0.25) is 0 Å². The van der Waals surface area contributed by atoms with Crippen LogP contribution in [0.1, 0.15) is 12.8 Å². The number of carboxylic acid groups (broad SMARTS) is 1. The van der Waals surface area contributed by atoms with Gasteiger partial charge in [-0.05, 0) is 0 Å². The lowest BCUT2D eigenvalue weighted by atomic mass is 10.1. The molecule has 1 fully saturated rings. The van der Waals surface area contributed by atoms with Crippen molar-refractivity contribution in [3.63, 3.8) is 0 Å². The van der Waals surface area contributed by atoms with Gasteiger partial charge in [0.2, 0.25) is 11.8 Å². The number of carbonyl (C=O) groups is 3. The van der Waals surface area contributed by atoms with Crippen LogP contribution in [0.25, 0.3) is 0 Å². The lowest BCUT2D eigenvalue weighted by molar-refractivity contribution is -0.139. The summed E-state index contributed by atoms with van der Waals surface area (Å²) in [5, 5.41) is 8.72. The van der Waals surface area contributed by atoms with Crippen molar-refractivity contribution in [3.8, 4) is 11.5 Å². The van der Waals surface area contributed by atoms with E-state index >= 15 is 0 Å². The average Bonchev–Trinajstić information content (AvgIpc) is 3.00. The van der Waals surface area contributed by atoms with Crippen molar-refractivity contribution in [1.82, 2.24) is 4.90 Å². The predicted molar refractivity (Wildman–Crippen MR) is 89.9 cm³/mol. The topological polar surface area (TPSA) is 96.4 Å². The van der Waals surface area contributed by atoms with Crippen LogP contribution in [0.5, 0.6) is 11.5 Å². The molecular formula is C17H22N2O6. The van der Waals surface area contributed by atoms with Crippen molar-refractivity contribution in [2.45, 2.75) is 12.8 Å². The third-order valence-electron chi connectivity index (χ3n) is 4.16. The molecule has 8 heteroatoms. The van der Waals surface area contributed by atoms with Crippen LogP contribution in [-0.4, -0.2) is 62.1 Å². The standard InChI is InChI=1S/C17H22N2O6/c1-18(5-4-16(21)22)17(23)11-6-15(20)19(10-11)12-7-13(24-2)9-14(8-12)25-3/h7-9,11H,4-6,10H2,1-3H3,(H,21,22)/t11-/m0/s1. The molecule has 1 heterocycles. The molecular weight excluding hydrogens is 328 g/mol. The van der Waals surface area contributed by atoms with Gasteiger partial charge < -0.3 is 24.4 Å². The molecule has 1 aliphatic heterocycles. The third kappa shape index (κ3) is 4.40. The maximum Gasteiger partial charge on any atom is 0.305 e. The van der Waals surface area contributed by atoms with Gasteiger partial charge in [-0.15, -0.1) is 0 Å². The van der Waals surface area contributed by atoms with E-state index in [1.807, 2.05) is 0 Å². The quantitative estimate of drug-likeness (QED) is 0.788. The van der Waals surface area contributed by atoms with Crippen molar-refractivity contribution in [1.29, 1.82) is 0 Å². The fraction of sp³-hybridized carbons (Fsp3) is 0.471. The van der Waals surface area contributed by atoms with Gasteiger partial charge in [-0.3, -0.25) is 14.4 Å². The molecule has 0 saturated carbocycles. The molecule has 1 aliphatic rings. The summed E-state index contributed by atoms with van der Waals surface area (Å²) in [6, 6.07) is 5.12. The number of anilines is 1. The molecule has 0 aliphatic carbocycles. The van der Waals surface area contributed by atoms with Crippen molar-refractivity contribution < 1.29 is 29.0 Å². The molecule has 0 unspecified atom stereocenters. The number of rotatable bonds is 7. The van der Waals surface area contributed by atoms with E-state index in [4.69, 9.17) is 14.6 Å². The van der Waals surface area contributed by atoms with E-state index in [-0.39, 0.29) is 37.7 Å². The number of nitrogens with zero attached hydrogens (tertiary/aromatic N) is 2. The predicted octanol–water partition coefficient (Wildman–Crippen LogP) is 0.990. The van der Waals surface area contributed by atoms with E-state index < -0.39 is 11.9 Å². The van der Waals surface area contributed by atoms with E-state index in [1.54, 1.807) is 25.2 Å². The van der Waals surface area contributed by atoms with Gasteiger partial charge in [-0.25, -0.2) is 0 Å². The number of amides is 2. The molecule has 2 rings (SSSR count). The molecule has 0 bridgehead atoms. The Morgan fingerprint density at radius 2 is 1.84 bits per heavy atom. The van der Waals surface area contributed by atoms with Gasteiger partial charge in [0.15, 0.2) is 0 Å². The highest BCUT2D eigenvalue weighted by molar-refractivity contribution is 6.00. The monoisotopic (exact) mass is 350 g/mol. The van der Waals surface area contributed by atoms with Crippen LogP contribution < -0.4 is 14.4 Å². The van der Waals surface area contributed by atoms with Crippen molar-refractivity contribution in [2.24, 2.45) is 5.92 Å². The van der Waals surface area contributed by atoms with Crippen molar-refractivity contribution in [3.05, 3.63) is 18.2 Å². The summed E-state index contributed by atoms with van der Waals surface area (Å²) < 4.78 is 10.4. The first kappa shape index (κ1) is 18.6. The van der Waals surface area contributed by atoms with Crippen molar-refractivity contribution in [2.75, 3.05) is 39.3 Å².